The summed E-state index contributed by atoms with van der Waals surface area (Å²) in [4.78, 5) is 16.7. The molecular formula is C19H17ClN2O3. The van der Waals surface area contributed by atoms with E-state index in [1.165, 1.54) is 0 Å². The van der Waals surface area contributed by atoms with Crippen molar-refractivity contribution in [2.75, 3.05) is 12.4 Å². The van der Waals surface area contributed by atoms with Crippen molar-refractivity contribution >= 4 is 23.2 Å². The molecule has 3 rings (SSSR count). The fraction of sp³-hybridized carbons (Fsp3) is 0.158. The van der Waals surface area contributed by atoms with Crippen molar-refractivity contribution in [1.82, 2.24) is 4.98 Å². The quantitative estimate of drug-likeness (QED) is 0.731. The molecule has 0 spiro atoms. The zero-order valence-corrected chi connectivity index (χ0v) is 14.6. The largest absolute Gasteiger partial charge is 0.496 e. The van der Waals surface area contributed by atoms with Crippen molar-refractivity contribution < 1.29 is 13.9 Å². The van der Waals surface area contributed by atoms with Gasteiger partial charge in [0.25, 0.3) is 0 Å². The number of rotatable bonds is 5. The standard InChI is InChI=1S/C19H17ClN2O3/c1-12-16(11-18(23)21-15-9-5-4-8-14(15)20)22-19(25-12)13-7-3-6-10-17(13)24-2/h3-10H,11H2,1-2H3,(H,21,23). The summed E-state index contributed by atoms with van der Waals surface area (Å²) in [5.74, 6) is 1.47. The predicted octanol–water partition coefficient (Wildman–Crippen LogP) is 4.49. The van der Waals surface area contributed by atoms with Crippen LogP contribution in [-0.2, 0) is 11.2 Å². The van der Waals surface area contributed by atoms with Crippen molar-refractivity contribution in [1.29, 1.82) is 0 Å². The first-order chi connectivity index (χ1) is 12.1. The lowest BCUT2D eigenvalue weighted by atomic mass is 10.2. The third kappa shape index (κ3) is 3.83. The van der Waals surface area contributed by atoms with Gasteiger partial charge in [0.15, 0.2) is 0 Å². The second kappa shape index (κ2) is 7.40. The van der Waals surface area contributed by atoms with Crippen LogP contribution < -0.4 is 10.1 Å². The number of methoxy groups -OCH3 is 1. The van der Waals surface area contributed by atoms with Crippen LogP contribution in [0.2, 0.25) is 5.02 Å². The molecule has 1 aromatic heterocycles. The number of halogens is 1. The van der Waals surface area contributed by atoms with Gasteiger partial charge in [0.1, 0.15) is 11.5 Å². The highest BCUT2D eigenvalue weighted by Gasteiger charge is 2.17. The summed E-state index contributed by atoms with van der Waals surface area (Å²) in [5, 5.41) is 3.27. The lowest BCUT2D eigenvalue weighted by Gasteiger charge is -2.05. The monoisotopic (exact) mass is 356 g/mol. The molecule has 0 atom stereocenters. The Morgan fingerprint density at radius 3 is 2.68 bits per heavy atom. The van der Waals surface area contributed by atoms with Gasteiger partial charge in [0, 0.05) is 0 Å². The summed E-state index contributed by atoms with van der Waals surface area (Å²) in [5.41, 5.74) is 1.89. The SMILES string of the molecule is COc1ccccc1-c1nc(CC(=O)Nc2ccccc2Cl)c(C)o1. The van der Waals surface area contributed by atoms with E-state index < -0.39 is 0 Å². The Hall–Kier alpha value is -2.79. The number of hydrogen-bond acceptors (Lipinski definition) is 4. The number of oxazole rings is 1. The minimum atomic E-state index is -0.212. The second-order valence-electron chi connectivity index (χ2n) is 5.43. The van der Waals surface area contributed by atoms with Gasteiger partial charge in [0.05, 0.1) is 35.5 Å². The second-order valence-corrected chi connectivity index (χ2v) is 5.83. The molecule has 0 radical (unpaired) electrons. The molecule has 1 amide bonds. The maximum absolute atomic E-state index is 12.3. The normalized spacial score (nSPS) is 10.5. The number of ether oxygens (including phenoxy) is 1. The maximum atomic E-state index is 12.3. The van der Waals surface area contributed by atoms with Gasteiger partial charge < -0.3 is 14.5 Å². The van der Waals surface area contributed by atoms with Gasteiger partial charge in [-0.15, -0.1) is 0 Å². The lowest BCUT2D eigenvalue weighted by molar-refractivity contribution is -0.115. The van der Waals surface area contributed by atoms with E-state index in [0.717, 1.165) is 5.56 Å². The third-order valence-corrected chi connectivity index (χ3v) is 4.04. The van der Waals surface area contributed by atoms with Gasteiger partial charge in [0.2, 0.25) is 11.8 Å². The summed E-state index contributed by atoms with van der Waals surface area (Å²) in [7, 11) is 1.59. The minimum Gasteiger partial charge on any atom is -0.496 e. The Morgan fingerprint density at radius 2 is 1.92 bits per heavy atom. The molecule has 25 heavy (non-hydrogen) atoms. The van der Waals surface area contributed by atoms with Crippen molar-refractivity contribution in [2.45, 2.75) is 13.3 Å². The average Bonchev–Trinajstić information content (AvgIpc) is 2.97. The van der Waals surface area contributed by atoms with Crippen LogP contribution in [0, 0.1) is 6.92 Å². The summed E-state index contributed by atoms with van der Waals surface area (Å²) in [6.45, 7) is 1.78. The molecule has 0 aliphatic carbocycles. The Morgan fingerprint density at radius 1 is 1.20 bits per heavy atom. The van der Waals surface area contributed by atoms with Crippen molar-refractivity contribution in [3.8, 4) is 17.2 Å². The highest BCUT2D eigenvalue weighted by molar-refractivity contribution is 6.33. The fourth-order valence-corrected chi connectivity index (χ4v) is 2.62. The molecule has 0 fully saturated rings. The molecular weight excluding hydrogens is 340 g/mol. The van der Waals surface area contributed by atoms with E-state index in [1.807, 2.05) is 30.3 Å². The number of nitrogens with one attached hydrogen (secondary N) is 1. The Balaban J connectivity index is 1.79. The van der Waals surface area contributed by atoms with E-state index >= 15 is 0 Å². The molecule has 1 heterocycles. The first kappa shape index (κ1) is 17.0. The highest BCUT2D eigenvalue weighted by atomic mass is 35.5. The first-order valence-electron chi connectivity index (χ1n) is 7.72. The number of para-hydroxylation sites is 2. The zero-order chi connectivity index (χ0) is 17.8. The number of anilines is 1. The molecule has 128 valence electrons. The molecule has 0 saturated heterocycles. The van der Waals surface area contributed by atoms with E-state index in [9.17, 15) is 4.79 Å². The van der Waals surface area contributed by atoms with Crippen molar-refractivity contribution in [3.05, 3.63) is 65.0 Å². The van der Waals surface area contributed by atoms with Gasteiger partial charge in [-0.3, -0.25) is 4.79 Å². The molecule has 0 unspecified atom stereocenters. The summed E-state index contributed by atoms with van der Waals surface area (Å²) >= 11 is 6.06. The van der Waals surface area contributed by atoms with E-state index in [4.69, 9.17) is 20.8 Å². The Bertz CT molecular complexity index is 905. The zero-order valence-electron chi connectivity index (χ0n) is 13.9. The van der Waals surface area contributed by atoms with Crippen LogP contribution in [0.1, 0.15) is 11.5 Å². The van der Waals surface area contributed by atoms with Gasteiger partial charge in [-0.1, -0.05) is 35.9 Å². The summed E-state index contributed by atoms with van der Waals surface area (Å²) in [6.07, 6.45) is 0.0930. The minimum absolute atomic E-state index is 0.0930. The Kier molecular flexibility index (Phi) is 5.05. The van der Waals surface area contributed by atoms with E-state index in [0.29, 0.717) is 33.8 Å². The number of aromatic nitrogens is 1. The van der Waals surface area contributed by atoms with Gasteiger partial charge in [-0.05, 0) is 31.2 Å². The van der Waals surface area contributed by atoms with Crippen molar-refractivity contribution in [3.63, 3.8) is 0 Å². The van der Waals surface area contributed by atoms with Gasteiger partial charge >= 0.3 is 0 Å². The van der Waals surface area contributed by atoms with Gasteiger partial charge in [-0.2, -0.15) is 0 Å². The van der Waals surface area contributed by atoms with Gasteiger partial charge in [-0.25, -0.2) is 4.98 Å². The van der Waals surface area contributed by atoms with Crippen LogP contribution >= 0.6 is 11.6 Å². The van der Waals surface area contributed by atoms with Crippen LogP contribution in [0.25, 0.3) is 11.5 Å². The highest BCUT2D eigenvalue weighted by Crippen LogP contribution is 2.30. The molecule has 0 saturated carbocycles. The third-order valence-electron chi connectivity index (χ3n) is 3.71. The lowest BCUT2D eigenvalue weighted by Crippen LogP contribution is -2.15. The molecule has 0 bridgehead atoms. The topological polar surface area (TPSA) is 64.4 Å². The van der Waals surface area contributed by atoms with Crippen LogP contribution in [-0.4, -0.2) is 18.0 Å². The molecule has 6 heteroatoms. The van der Waals surface area contributed by atoms with E-state index in [1.54, 1.807) is 32.2 Å². The van der Waals surface area contributed by atoms with E-state index in [-0.39, 0.29) is 12.3 Å². The van der Waals surface area contributed by atoms with Crippen LogP contribution in [0.3, 0.4) is 0 Å². The molecule has 5 nitrogen and oxygen atoms in total. The average molecular weight is 357 g/mol. The van der Waals surface area contributed by atoms with Crippen molar-refractivity contribution in [2.24, 2.45) is 0 Å². The molecule has 2 aromatic carbocycles. The van der Waals surface area contributed by atoms with Crippen LogP contribution in [0.4, 0.5) is 5.69 Å². The number of hydrogen-bond donors (Lipinski definition) is 1. The number of amides is 1. The smallest absolute Gasteiger partial charge is 0.230 e. The number of carbonyl (C=O) groups excluding carboxylic acids is 1. The molecule has 1 N–H and O–H groups in total. The maximum Gasteiger partial charge on any atom is 0.230 e. The molecule has 3 aromatic rings. The first-order valence-corrected chi connectivity index (χ1v) is 8.10. The van der Waals surface area contributed by atoms with Crippen LogP contribution in [0.15, 0.2) is 52.9 Å². The number of carbonyl (C=O) groups is 1. The Labute approximate surface area is 150 Å². The van der Waals surface area contributed by atoms with E-state index in [2.05, 4.69) is 10.3 Å². The fourth-order valence-electron chi connectivity index (χ4n) is 2.44. The number of aryl methyl sites for hydroxylation is 1. The summed E-state index contributed by atoms with van der Waals surface area (Å²) in [6, 6.07) is 14.5. The summed E-state index contributed by atoms with van der Waals surface area (Å²) < 4.78 is 11.0. The predicted molar refractivity (Wildman–Crippen MR) is 97.0 cm³/mol. The molecule has 0 aliphatic heterocycles. The van der Waals surface area contributed by atoms with Crippen LogP contribution in [0.5, 0.6) is 5.75 Å². The number of nitrogens with zero attached hydrogens (tertiary/aromatic N) is 1. The molecule has 0 aliphatic rings. The number of benzene rings is 2.